The van der Waals surface area contributed by atoms with Crippen molar-refractivity contribution in [1.29, 1.82) is 0 Å². The van der Waals surface area contributed by atoms with E-state index in [9.17, 15) is 9.59 Å². The Morgan fingerprint density at radius 2 is 1.62 bits per heavy atom. The van der Waals surface area contributed by atoms with E-state index < -0.39 is 17.7 Å². The van der Waals surface area contributed by atoms with Crippen molar-refractivity contribution < 1.29 is 14.3 Å². The van der Waals surface area contributed by atoms with Crippen molar-refractivity contribution in [2.75, 3.05) is 13.1 Å². The van der Waals surface area contributed by atoms with Crippen LogP contribution in [0.1, 0.15) is 47.1 Å². The van der Waals surface area contributed by atoms with Gasteiger partial charge in [0.15, 0.2) is 0 Å². The summed E-state index contributed by atoms with van der Waals surface area (Å²) in [6, 6.07) is 8.90. The van der Waals surface area contributed by atoms with Gasteiger partial charge in [0.25, 0.3) is 0 Å². The average Bonchev–Trinajstić information content (AvgIpc) is 2.49. The predicted octanol–water partition coefficient (Wildman–Crippen LogP) is 2.63. The highest BCUT2D eigenvalue weighted by Crippen LogP contribution is 2.08. The Bertz CT molecular complexity index is 574. The van der Waals surface area contributed by atoms with Gasteiger partial charge in [0.2, 0.25) is 5.91 Å². The van der Waals surface area contributed by atoms with Gasteiger partial charge in [-0.1, -0.05) is 30.3 Å². The lowest BCUT2D eigenvalue weighted by atomic mass is 10.1. The van der Waals surface area contributed by atoms with Crippen LogP contribution in [0.15, 0.2) is 30.3 Å². The molecule has 1 atom stereocenters. The molecule has 2 amide bonds. The number of ether oxygens (including phenoxy) is 1. The van der Waals surface area contributed by atoms with Crippen LogP contribution in [0.3, 0.4) is 0 Å². The Morgan fingerprint density at radius 3 is 2.15 bits per heavy atom. The van der Waals surface area contributed by atoms with E-state index in [0.717, 1.165) is 5.56 Å². The molecule has 0 aromatic heterocycles. The lowest BCUT2D eigenvalue weighted by molar-refractivity contribution is -0.123. The van der Waals surface area contributed by atoms with Gasteiger partial charge in [-0.3, -0.25) is 4.79 Å². The number of nitrogens with one attached hydrogen (secondary N) is 3. The van der Waals surface area contributed by atoms with E-state index >= 15 is 0 Å². The van der Waals surface area contributed by atoms with E-state index in [0.29, 0.717) is 19.5 Å². The summed E-state index contributed by atoms with van der Waals surface area (Å²) in [5, 5.41) is 8.87. The molecule has 0 fully saturated rings. The molecular formula is C20H33N3O3. The van der Waals surface area contributed by atoms with Crippen LogP contribution >= 0.6 is 0 Å². The molecule has 26 heavy (non-hydrogen) atoms. The summed E-state index contributed by atoms with van der Waals surface area (Å²) in [5.74, 6) is -0.226. The van der Waals surface area contributed by atoms with Gasteiger partial charge in [0, 0.05) is 25.0 Å². The molecule has 1 rings (SSSR count). The second-order valence-corrected chi connectivity index (χ2v) is 8.36. The second kappa shape index (κ2) is 9.57. The van der Waals surface area contributed by atoms with Gasteiger partial charge in [-0.25, -0.2) is 4.79 Å². The molecule has 6 nitrogen and oxygen atoms in total. The minimum absolute atomic E-state index is 0.0110. The van der Waals surface area contributed by atoms with E-state index in [1.807, 2.05) is 30.3 Å². The van der Waals surface area contributed by atoms with Crippen molar-refractivity contribution in [3.8, 4) is 0 Å². The molecule has 3 N–H and O–H groups in total. The number of hydrogen-bond donors (Lipinski definition) is 3. The highest BCUT2D eigenvalue weighted by atomic mass is 16.6. The van der Waals surface area contributed by atoms with Gasteiger partial charge < -0.3 is 20.7 Å². The van der Waals surface area contributed by atoms with E-state index in [2.05, 4.69) is 36.7 Å². The number of amides is 2. The second-order valence-electron chi connectivity index (χ2n) is 8.36. The zero-order valence-electron chi connectivity index (χ0n) is 16.8. The SMILES string of the molecule is CC(C)(C)NCCNC(=O)[C@H](Cc1ccccc1)NC(=O)OC(C)(C)C. The van der Waals surface area contributed by atoms with Gasteiger partial charge >= 0.3 is 6.09 Å². The van der Waals surface area contributed by atoms with Crippen LogP contribution in [-0.2, 0) is 16.0 Å². The van der Waals surface area contributed by atoms with Gasteiger partial charge in [0.1, 0.15) is 11.6 Å². The molecule has 0 bridgehead atoms. The van der Waals surface area contributed by atoms with E-state index in [4.69, 9.17) is 4.74 Å². The van der Waals surface area contributed by atoms with Crippen LogP contribution in [0.5, 0.6) is 0 Å². The average molecular weight is 364 g/mol. The molecular weight excluding hydrogens is 330 g/mol. The maximum absolute atomic E-state index is 12.6. The first-order chi connectivity index (χ1) is 12.0. The summed E-state index contributed by atoms with van der Waals surface area (Å²) in [6.07, 6.45) is -0.195. The van der Waals surface area contributed by atoms with Gasteiger partial charge in [0.05, 0.1) is 0 Å². The first-order valence-corrected chi connectivity index (χ1v) is 9.02. The van der Waals surface area contributed by atoms with E-state index in [-0.39, 0.29) is 11.4 Å². The van der Waals surface area contributed by atoms with Crippen LogP contribution in [0.2, 0.25) is 0 Å². The number of carbonyl (C=O) groups excluding carboxylic acids is 2. The summed E-state index contributed by atoms with van der Waals surface area (Å²) in [6.45, 7) is 12.7. The summed E-state index contributed by atoms with van der Waals surface area (Å²) in [7, 11) is 0. The molecule has 6 heteroatoms. The lowest BCUT2D eigenvalue weighted by Crippen LogP contribution is -2.51. The Kier molecular flexibility index (Phi) is 8.08. The molecule has 1 aromatic rings. The molecule has 0 spiro atoms. The van der Waals surface area contributed by atoms with Crippen LogP contribution in [0.4, 0.5) is 4.79 Å². The molecule has 0 unspecified atom stereocenters. The molecule has 0 aliphatic heterocycles. The van der Waals surface area contributed by atoms with Crippen molar-refractivity contribution in [1.82, 2.24) is 16.0 Å². The highest BCUT2D eigenvalue weighted by Gasteiger charge is 2.24. The van der Waals surface area contributed by atoms with Crippen LogP contribution < -0.4 is 16.0 Å². The molecule has 0 aliphatic carbocycles. The normalized spacial score (nSPS) is 13.0. The quantitative estimate of drug-likeness (QED) is 0.651. The maximum Gasteiger partial charge on any atom is 0.408 e. The Hall–Kier alpha value is -2.08. The third-order valence-electron chi connectivity index (χ3n) is 3.37. The van der Waals surface area contributed by atoms with Crippen molar-refractivity contribution >= 4 is 12.0 Å². The standard InChI is InChI=1S/C20H33N3O3/c1-19(2,3)22-13-12-21-17(24)16(14-15-10-8-7-9-11-15)23-18(25)26-20(4,5)6/h7-11,16,22H,12-14H2,1-6H3,(H,21,24)(H,23,25)/t16-/m0/s1. The van der Waals surface area contributed by atoms with Crippen molar-refractivity contribution in [2.24, 2.45) is 0 Å². The fourth-order valence-corrected chi connectivity index (χ4v) is 2.26. The zero-order chi connectivity index (χ0) is 19.8. The number of hydrogen-bond acceptors (Lipinski definition) is 4. The number of carbonyl (C=O) groups is 2. The van der Waals surface area contributed by atoms with Crippen LogP contribution in [0, 0.1) is 0 Å². The first kappa shape index (κ1) is 22.0. The monoisotopic (exact) mass is 363 g/mol. The molecule has 0 aliphatic rings. The largest absolute Gasteiger partial charge is 0.444 e. The van der Waals surface area contributed by atoms with Gasteiger partial charge in [-0.2, -0.15) is 0 Å². The van der Waals surface area contributed by atoms with Gasteiger partial charge in [-0.15, -0.1) is 0 Å². The summed E-state index contributed by atoms with van der Waals surface area (Å²) in [4.78, 5) is 24.7. The lowest BCUT2D eigenvalue weighted by Gasteiger charge is -2.24. The Morgan fingerprint density at radius 1 is 1.00 bits per heavy atom. The minimum atomic E-state index is -0.693. The highest BCUT2D eigenvalue weighted by molar-refractivity contribution is 5.86. The molecule has 0 radical (unpaired) electrons. The maximum atomic E-state index is 12.6. The Labute approximate surface area is 157 Å². The number of alkyl carbamates (subject to hydrolysis) is 1. The smallest absolute Gasteiger partial charge is 0.408 e. The van der Waals surface area contributed by atoms with Crippen LogP contribution in [-0.4, -0.2) is 42.3 Å². The van der Waals surface area contributed by atoms with Crippen molar-refractivity contribution in [3.05, 3.63) is 35.9 Å². The third-order valence-corrected chi connectivity index (χ3v) is 3.37. The fourth-order valence-electron chi connectivity index (χ4n) is 2.26. The number of rotatable bonds is 7. The van der Waals surface area contributed by atoms with E-state index in [1.165, 1.54) is 0 Å². The van der Waals surface area contributed by atoms with Gasteiger partial charge in [-0.05, 0) is 47.1 Å². The summed E-state index contributed by atoms with van der Waals surface area (Å²) in [5.41, 5.74) is 0.341. The minimum Gasteiger partial charge on any atom is -0.444 e. The predicted molar refractivity (Wildman–Crippen MR) is 104 cm³/mol. The Balaban J connectivity index is 2.67. The topological polar surface area (TPSA) is 79.5 Å². The molecule has 1 aromatic carbocycles. The zero-order valence-corrected chi connectivity index (χ0v) is 16.8. The molecule has 0 saturated heterocycles. The fraction of sp³-hybridized carbons (Fsp3) is 0.600. The van der Waals surface area contributed by atoms with Crippen molar-refractivity contribution in [3.63, 3.8) is 0 Å². The summed E-state index contributed by atoms with van der Waals surface area (Å²) >= 11 is 0. The van der Waals surface area contributed by atoms with Crippen molar-refractivity contribution in [2.45, 2.75) is 65.1 Å². The third kappa shape index (κ3) is 10.0. The molecule has 0 saturated carbocycles. The van der Waals surface area contributed by atoms with E-state index in [1.54, 1.807) is 20.8 Å². The number of benzene rings is 1. The molecule has 146 valence electrons. The first-order valence-electron chi connectivity index (χ1n) is 9.02. The van der Waals surface area contributed by atoms with Crippen LogP contribution in [0.25, 0.3) is 0 Å². The molecule has 0 heterocycles. The summed E-state index contributed by atoms with van der Waals surface area (Å²) < 4.78 is 5.28.